The van der Waals surface area contributed by atoms with E-state index in [-0.39, 0.29) is 23.0 Å². The van der Waals surface area contributed by atoms with Crippen LogP contribution in [0.15, 0.2) is 47.7 Å². The summed E-state index contributed by atoms with van der Waals surface area (Å²) < 4.78 is 41.8. The number of hydrogen-bond acceptors (Lipinski definition) is 5. The Morgan fingerprint density at radius 2 is 1.79 bits per heavy atom. The molecule has 0 bridgehead atoms. The first kappa shape index (κ1) is 24.0. The minimum Gasteiger partial charge on any atom is -0.379 e. The van der Waals surface area contributed by atoms with Crippen molar-refractivity contribution in [2.45, 2.75) is 32.2 Å². The first-order valence-electron chi connectivity index (χ1n) is 12.8. The van der Waals surface area contributed by atoms with Crippen molar-refractivity contribution in [3.05, 3.63) is 87.4 Å². The Kier molecular flexibility index (Phi) is 5.05. The van der Waals surface area contributed by atoms with Gasteiger partial charge in [-0.3, -0.25) is 13.8 Å². The summed E-state index contributed by atoms with van der Waals surface area (Å²) in [6, 6.07) is 6.66. The SMILES string of the molecule is Cc1cc(-n2nc3c(c2-n2ccn(-c4ccc5c(cnn5C)c4F)c2=O)[C@H](C)NCC32COC2)cc(C)c1F. The molecule has 5 heterocycles. The number of ether oxygens (including phenoxy) is 1. The Bertz CT molecular complexity index is 1830. The van der Waals surface area contributed by atoms with Crippen molar-refractivity contribution in [3.63, 3.8) is 0 Å². The quantitative estimate of drug-likeness (QED) is 0.385. The predicted octanol–water partition coefficient (Wildman–Crippen LogP) is 3.53. The summed E-state index contributed by atoms with van der Waals surface area (Å²) in [5.74, 6) is -0.268. The van der Waals surface area contributed by atoms with Crippen molar-refractivity contribution < 1.29 is 13.5 Å². The largest absolute Gasteiger partial charge is 0.379 e. The Hall–Kier alpha value is -4.09. The third kappa shape index (κ3) is 3.26. The number of aryl methyl sites for hydroxylation is 3. The molecule has 11 heteroatoms. The molecular formula is C28H27F2N7O2. The summed E-state index contributed by atoms with van der Waals surface area (Å²) in [4.78, 5) is 14.0. The van der Waals surface area contributed by atoms with E-state index < -0.39 is 11.5 Å². The number of imidazole rings is 1. The first-order chi connectivity index (χ1) is 18.7. The zero-order chi connectivity index (χ0) is 27.2. The topological polar surface area (TPSA) is 83.8 Å². The maximum absolute atomic E-state index is 15.6. The van der Waals surface area contributed by atoms with Gasteiger partial charge in [0.2, 0.25) is 0 Å². The van der Waals surface area contributed by atoms with Gasteiger partial charge in [0.25, 0.3) is 0 Å². The fourth-order valence-electron chi connectivity index (χ4n) is 5.88. The number of hydrogen-bond donors (Lipinski definition) is 1. The molecule has 3 aromatic heterocycles. The van der Waals surface area contributed by atoms with Crippen LogP contribution in [0.25, 0.3) is 28.1 Å². The van der Waals surface area contributed by atoms with Crippen molar-refractivity contribution in [2.24, 2.45) is 7.05 Å². The lowest BCUT2D eigenvalue weighted by atomic mass is 9.76. The van der Waals surface area contributed by atoms with Crippen molar-refractivity contribution >= 4 is 10.9 Å². The molecular weight excluding hydrogens is 504 g/mol. The van der Waals surface area contributed by atoms with Gasteiger partial charge in [0.1, 0.15) is 11.6 Å². The van der Waals surface area contributed by atoms with Gasteiger partial charge < -0.3 is 10.1 Å². The maximum atomic E-state index is 15.6. The molecule has 1 saturated heterocycles. The highest BCUT2D eigenvalue weighted by atomic mass is 19.1. The molecule has 5 aromatic rings. The number of benzene rings is 2. The fraction of sp³-hybridized carbons (Fsp3) is 0.321. The Balaban J connectivity index is 1.48. The summed E-state index contributed by atoms with van der Waals surface area (Å²) >= 11 is 0. The lowest BCUT2D eigenvalue weighted by Gasteiger charge is -2.44. The van der Waals surface area contributed by atoms with E-state index in [0.29, 0.717) is 53.3 Å². The third-order valence-corrected chi connectivity index (χ3v) is 8.11. The molecule has 9 nitrogen and oxygen atoms in total. The van der Waals surface area contributed by atoms with Crippen LogP contribution >= 0.6 is 0 Å². The van der Waals surface area contributed by atoms with Crippen LogP contribution < -0.4 is 11.0 Å². The minimum atomic E-state index is -0.527. The van der Waals surface area contributed by atoms with Crippen LogP contribution in [0.4, 0.5) is 8.78 Å². The van der Waals surface area contributed by atoms with Gasteiger partial charge in [-0.15, -0.1) is 0 Å². The van der Waals surface area contributed by atoms with Crippen LogP contribution in [0.1, 0.15) is 35.3 Å². The highest BCUT2D eigenvalue weighted by molar-refractivity contribution is 5.81. The third-order valence-electron chi connectivity index (χ3n) is 8.11. The molecule has 1 atom stereocenters. The van der Waals surface area contributed by atoms with Gasteiger partial charge in [-0.2, -0.15) is 10.2 Å². The van der Waals surface area contributed by atoms with Crippen molar-refractivity contribution in [1.29, 1.82) is 0 Å². The highest BCUT2D eigenvalue weighted by Crippen LogP contribution is 2.42. The number of aromatic nitrogens is 6. The van der Waals surface area contributed by atoms with Crippen LogP contribution in [0.5, 0.6) is 0 Å². The summed E-state index contributed by atoms with van der Waals surface area (Å²) in [6.07, 6.45) is 4.63. The van der Waals surface area contributed by atoms with E-state index >= 15 is 4.39 Å². The van der Waals surface area contributed by atoms with E-state index in [9.17, 15) is 9.18 Å². The zero-order valence-electron chi connectivity index (χ0n) is 22.0. The Morgan fingerprint density at radius 1 is 1.08 bits per heavy atom. The van der Waals surface area contributed by atoms with Crippen LogP contribution in [0, 0.1) is 25.5 Å². The van der Waals surface area contributed by atoms with Gasteiger partial charge in [0, 0.05) is 37.6 Å². The van der Waals surface area contributed by atoms with Crippen LogP contribution in [0.2, 0.25) is 0 Å². The van der Waals surface area contributed by atoms with Crippen molar-refractivity contribution in [2.75, 3.05) is 19.8 Å². The molecule has 0 radical (unpaired) electrons. The Labute approximate surface area is 222 Å². The van der Waals surface area contributed by atoms with E-state index in [4.69, 9.17) is 9.84 Å². The summed E-state index contributed by atoms with van der Waals surface area (Å²) in [6.45, 7) is 7.18. The second-order valence-electron chi connectivity index (χ2n) is 10.7. The normalized spacial score (nSPS) is 18.1. The number of rotatable bonds is 3. The molecule has 2 aliphatic rings. The molecule has 0 amide bonds. The summed E-state index contributed by atoms with van der Waals surface area (Å²) in [5, 5.41) is 13.1. The van der Waals surface area contributed by atoms with E-state index in [1.165, 1.54) is 15.3 Å². The number of halogens is 2. The molecule has 2 aromatic carbocycles. The second kappa shape index (κ2) is 8.20. The zero-order valence-corrected chi connectivity index (χ0v) is 22.0. The maximum Gasteiger partial charge on any atom is 0.338 e. The predicted molar refractivity (Wildman–Crippen MR) is 141 cm³/mol. The van der Waals surface area contributed by atoms with Gasteiger partial charge in [-0.25, -0.2) is 18.3 Å². The van der Waals surface area contributed by atoms with E-state index in [2.05, 4.69) is 10.4 Å². The Morgan fingerprint density at radius 3 is 2.49 bits per heavy atom. The van der Waals surface area contributed by atoms with Gasteiger partial charge in [-0.05, 0) is 56.2 Å². The second-order valence-corrected chi connectivity index (χ2v) is 10.7. The molecule has 2 aliphatic heterocycles. The monoisotopic (exact) mass is 531 g/mol. The van der Waals surface area contributed by atoms with Crippen LogP contribution in [-0.4, -0.2) is 48.5 Å². The van der Waals surface area contributed by atoms with Gasteiger partial charge in [-0.1, -0.05) is 0 Å². The first-order valence-corrected chi connectivity index (χ1v) is 12.8. The molecule has 7 rings (SSSR count). The van der Waals surface area contributed by atoms with Crippen molar-refractivity contribution in [3.8, 4) is 17.2 Å². The van der Waals surface area contributed by atoms with Gasteiger partial charge >= 0.3 is 5.69 Å². The van der Waals surface area contributed by atoms with E-state index in [1.54, 1.807) is 66.9 Å². The molecule has 39 heavy (non-hydrogen) atoms. The van der Waals surface area contributed by atoms with E-state index in [0.717, 1.165) is 11.3 Å². The molecule has 0 unspecified atom stereocenters. The smallest absolute Gasteiger partial charge is 0.338 e. The average Bonchev–Trinajstić information content (AvgIpc) is 3.58. The molecule has 0 aliphatic carbocycles. The summed E-state index contributed by atoms with van der Waals surface area (Å²) in [7, 11) is 1.74. The standard InChI is InChI=1S/C28H27F2N7O2/c1-15-9-18(10-16(2)23(15)29)37-26(22-17(3)31-12-28(13-39-14-28)25(22)33-37)36-8-7-35(27(36)38)21-6-5-20-19(24(21)30)11-32-34(20)4/h5-11,17,31H,12-14H2,1-4H3/t17-/m0/s1. The minimum absolute atomic E-state index is 0.114. The highest BCUT2D eigenvalue weighted by Gasteiger charge is 2.49. The molecule has 1 fully saturated rings. The van der Waals surface area contributed by atoms with Crippen LogP contribution in [-0.2, 0) is 17.2 Å². The van der Waals surface area contributed by atoms with Gasteiger partial charge in [0.05, 0.1) is 52.8 Å². The number of nitrogens with one attached hydrogen (secondary N) is 1. The number of fused-ring (bicyclic) bond motifs is 3. The molecule has 0 saturated carbocycles. The van der Waals surface area contributed by atoms with Crippen LogP contribution in [0.3, 0.4) is 0 Å². The average molecular weight is 532 g/mol. The molecule has 200 valence electrons. The fourth-order valence-corrected chi connectivity index (χ4v) is 5.88. The summed E-state index contributed by atoms with van der Waals surface area (Å²) in [5.41, 5.74) is 3.32. The van der Waals surface area contributed by atoms with Gasteiger partial charge in [0.15, 0.2) is 5.82 Å². The molecule has 1 N–H and O–H groups in total. The van der Waals surface area contributed by atoms with E-state index in [1.807, 2.05) is 6.92 Å². The lowest BCUT2D eigenvalue weighted by molar-refractivity contribution is -0.0662. The van der Waals surface area contributed by atoms with Crippen molar-refractivity contribution in [1.82, 2.24) is 34.0 Å². The number of nitrogens with zero attached hydrogens (tertiary/aromatic N) is 6. The lowest BCUT2D eigenvalue weighted by Crippen LogP contribution is -2.57. The molecule has 1 spiro atoms.